The molecule has 8 rings (SSSR count). The van der Waals surface area contributed by atoms with E-state index < -0.39 is 0 Å². The number of para-hydroxylation sites is 2. The number of benzene rings is 5. The van der Waals surface area contributed by atoms with E-state index in [9.17, 15) is 0 Å². The Morgan fingerprint density at radius 1 is 0.488 bits per heavy atom. The fraction of sp³-hybridized carbons (Fsp3) is 0.231. The molecule has 5 aromatic carbocycles. The van der Waals surface area contributed by atoms with Crippen LogP contribution in [-0.4, -0.2) is 0 Å². The van der Waals surface area contributed by atoms with Gasteiger partial charge in [-0.1, -0.05) is 94.4 Å². The van der Waals surface area contributed by atoms with Gasteiger partial charge in [-0.25, -0.2) is 0 Å². The minimum absolute atomic E-state index is 0.0578. The minimum Gasteiger partial charge on any atom is -0.456 e. The number of hydrogen-bond donors (Lipinski definition) is 0. The maximum atomic E-state index is 6.31. The van der Waals surface area contributed by atoms with E-state index in [1.54, 1.807) is 0 Å². The minimum atomic E-state index is 0.0578. The summed E-state index contributed by atoms with van der Waals surface area (Å²) in [6.07, 6.45) is 2.29. The third-order valence-electron chi connectivity index (χ3n) is 9.80. The molecule has 41 heavy (non-hydrogen) atoms. The highest BCUT2D eigenvalue weighted by atomic mass is 16.3. The summed E-state index contributed by atoms with van der Waals surface area (Å²) in [6.45, 7) is 9.72. The van der Waals surface area contributed by atoms with Gasteiger partial charge >= 0.3 is 0 Å². The van der Waals surface area contributed by atoms with Crippen molar-refractivity contribution < 1.29 is 4.42 Å². The van der Waals surface area contributed by atoms with Crippen LogP contribution in [0.3, 0.4) is 0 Å². The lowest BCUT2D eigenvalue weighted by Gasteiger charge is -2.30. The molecule has 1 spiro atoms. The average Bonchev–Trinajstić information content (AvgIpc) is 3.53. The number of anilines is 3. The van der Waals surface area contributed by atoms with Crippen LogP contribution in [0.25, 0.3) is 21.9 Å². The van der Waals surface area contributed by atoms with Crippen LogP contribution >= 0.6 is 0 Å². The van der Waals surface area contributed by atoms with E-state index in [4.69, 9.17) is 4.42 Å². The van der Waals surface area contributed by atoms with Crippen LogP contribution in [0, 0.1) is 0 Å². The Bertz CT molecular complexity index is 1960. The second-order valence-corrected chi connectivity index (χ2v) is 13.4. The molecule has 0 radical (unpaired) electrons. The average molecular weight is 534 g/mol. The van der Waals surface area contributed by atoms with Crippen molar-refractivity contribution in [3.63, 3.8) is 0 Å². The monoisotopic (exact) mass is 533 g/mol. The van der Waals surface area contributed by atoms with Gasteiger partial charge in [0.1, 0.15) is 11.2 Å². The van der Waals surface area contributed by atoms with Crippen molar-refractivity contribution in [1.82, 2.24) is 0 Å². The molecule has 0 saturated heterocycles. The SMILES string of the molecule is CC1(C)CC2(CC(C)(C)c3cc(N(c4ccccc4)c4ccc5c(c4)oc4ccccc45)ccc32)c2ccccc21. The van der Waals surface area contributed by atoms with Crippen molar-refractivity contribution in [3.05, 3.63) is 138 Å². The molecule has 0 aliphatic heterocycles. The summed E-state index contributed by atoms with van der Waals surface area (Å²) in [4.78, 5) is 2.38. The first-order valence-electron chi connectivity index (χ1n) is 14.8. The Morgan fingerprint density at radius 3 is 1.88 bits per heavy atom. The van der Waals surface area contributed by atoms with E-state index in [1.807, 2.05) is 12.1 Å². The van der Waals surface area contributed by atoms with E-state index in [0.717, 1.165) is 46.2 Å². The zero-order valence-electron chi connectivity index (χ0n) is 24.2. The van der Waals surface area contributed by atoms with E-state index in [-0.39, 0.29) is 16.2 Å². The van der Waals surface area contributed by atoms with E-state index >= 15 is 0 Å². The van der Waals surface area contributed by atoms with Gasteiger partial charge in [0.15, 0.2) is 0 Å². The summed E-state index contributed by atoms with van der Waals surface area (Å²) in [7, 11) is 0. The lowest BCUT2D eigenvalue weighted by atomic mass is 9.72. The molecule has 1 aromatic heterocycles. The first-order valence-corrected chi connectivity index (χ1v) is 14.8. The van der Waals surface area contributed by atoms with Gasteiger partial charge in [0.25, 0.3) is 0 Å². The molecule has 1 atom stereocenters. The molecule has 6 aromatic rings. The number of hydrogen-bond acceptors (Lipinski definition) is 2. The number of nitrogens with zero attached hydrogens (tertiary/aromatic N) is 1. The molecular formula is C39H35NO. The van der Waals surface area contributed by atoms with E-state index in [0.29, 0.717) is 0 Å². The Balaban J connectivity index is 1.31. The Kier molecular flexibility index (Phi) is 5.00. The summed E-state index contributed by atoms with van der Waals surface area (Å²) in [6, 6.07) is 42.0. The third kappa shape index (κ3) is 3.50. The second-order valence-electron chi connectivity index (χ2n) is 13.4. The Hall–Kier alpha value is -4.30. The predicted molar refractivity (Wildman–Crippen MR) is 171 cm³/mol. The molecule has 202 valence electrons. The summed E-state index contributed by atoms with van der Waals surface area (Å²) >= 11 is 0. The van der Waals surface area contributed by atoms with Gasteiger partial charge in [-0.2, -0.15) is 0 Å². The smallest absolute Gasteiger partial charge is 0.137 e. The van der Waals surface area contributed by atoms with E-state index in [2.05, 4.69) is 136 Å². The third-order valence-corrected chi connectivity index (χ3v) is 9.80. The van der Waals surface area contributed by atoms with Gasteiger partial charge in [0.2, 0.25) is 0 Å². The standard InChI is InChI=1S/C39H35NO/c1-37(2)24-39(32-16-10-9-15-31(32)37)25-38(3,4)34-22-27(19-21-33(34)39)40(26-12-6-5-7-13-26)28-18-20-30-29-14-8-11-17-35(29)41-36(30)23-28/h5-23H,24-25H2,1-4H3. The van der Waals surface area contributed by atoms with Crippen LogP contribution in [0.15, 0.2) is 120 Å². The van der Waals surface area contributed by atoms with Gasteiger partial charge in [0, 0.05) is 39.3 Å². The largest absolute Gasteiger partial charge is 0.456 e. The molecule has 1 unspecified atom stereocenters. The predicted octanol–water partition coefficient (Wildman–Crippen LogP) is 10.7. The quantitative estimate of drug-likeness (QED) is 0.225. The van der Waals surface area contributed by atoms with Gasteiger partial charge in [-0.15, -0.1) is 0 Å². The first kappa shape index (κ1) is 24.5. The summed E-state index contributed by atoms with van der Waals surface area (Å²) in [5.41, 5.74) is 11.5. The zero-order chi connectivity index (χ0) is 28.0. The molecule has 0 saturated carbocycles. The highest BCUT2D eigenvalue weighted by Gasteiger charge is 2.56. The lowest BCUT2D eigenvalue weighted by molar-refractivity contribution is 0.349. The van der Waals surface area contributed by atoms with Gasteiger partial charge in [0.05, 0.1) is 0 Å². The van der Waals surface area contributed by atoms with E-state index in [1.165, 1.54) is 27.9 Å². The molecule has 0 fully saturated rings. The van der Waals surface area contributed by atoms with Crippen LogP contribution < -0.4 is 4.90 Å². The van der Waals surface area contributed by atoms with Crippen molar-refractivity contribution in [2.45, 2.75) is 56.8 Å². The maximum Gasteiger partial charge on any atom is 0.137 e. The van der Waals surface area contributed by atoms with Crippen LogP contribution in [0.1, 0.15) is 62.8 Å². The highest BCUT2D eigenvalue weighted by Crippen LogP contribution is 2.63. The van der Waals surface area contributed by atoms with Crippen LogP contribution in [0.4, 0.5) is 17.1 Å². The molecule has 2 aliphatic carbocycles. The lowest BCUT2D eigenvalue weighted by Crippen LogP contribution is -2.26. The number of rotatable bonds is 3. The molecule has 0 N–H and O–H groups in total. The molecule has 0 bridgehead atoms. The highest BCUT2D eigenvalue weighted by molar-refractivity contribution is 6.06. The molecule has 0 amide bonds. The van der Waals surface area contributed by atoms with Crippen molar-refractivity contribution in [2.24, 2.45) is 0 Å². The van der Waals surface area contributed by atoms with Gasteiger partial charge in [-0.3, -0.25) is 0 Å². The fourth-order valence-corrected chi connectivity index (χ4v) is 8.30. The first-order chi connectivity index (χ1) is 19.8. The topological polar surface area (TPSA) is 16.4 Å². The molecule has 1 heterocycles. The molecular weight excluding hydrogens is 498 g/mol. The van der Waals surface area contributed by atoms with Crippen LogP contribution in [0.5, 0.6) is 0 Å². The Labute approximate surface area is 242 Å². The molecule has 2 heteroatoms. The molecule has 2 aliphatic rings. The molecule has 2 nitrogen and oxygen atoms in total. The normalized spacial score (nSPS) is 20.0. The van der Waals surface area contributed by atoms with Crippen LogP contribution in [-0.2, 0) is 16.2 Å². The number of fused-ring (bicyclic) bond motifs is 7. The van der Waals surface area contributed by atoms with Gasteiger partial charge < -0.3 is 9.32 Å². The fourth-order valence-electron chi connectivity index (χ4n) is 8.30. The van der Waals surface area contributed by atoms with Gasteiger partial charge in [-0.05, 0) is 88.4 Å². The van der Waals surface area contributed by atoms with Crippen molar-refractivity contribution >= 4 is 39.0 Å². The van der Waals surface area contributed by atoms with Crippen LogP contribution in [0.2, 0.25) is 0 Å². The number of furan rings is 1. The Morgan fingerprint density at radius 2 is 1.07 bits per heavy atom. The van der Waals surface area contributed by atoms with Crippen molar-refractivity contribution in [1.29, 1.82) is 0 Å². The maximum absolute atomic E-state index is 6.31. The second kappa shape index (κ2) is 8.36. The zero-order valence-corrected chi connectivity index (χ0v) is 24.2. The summed E-state index contributed by atoms with van der Waals surface area (Å²) in [5, 5.41) is 2.31. The van der Waals surface area contributed by atoms with Crippen molar-refractivity contribution in [2.75, 3.05) is 4.90 Å². The summed E-state index contributed by atoms with van der Waals surface area (Å²) in [5.74, 6) is 0. The summed E-state index contributed by atoms with van der Waals surface area (Å²) < 4.78 is 6.31. The van der Waals surface area contributed by atoms with Crippen molar-refractivity contribution in [3.8, 4) is 0 Å².